The molecule has 2 aromatic carbocycles. The highest BCUT2D eigenvalue weighted by molar-refractivity contribution is 7.71. The lowest BCUT2D eigenvalue weighted by Gasteiger charge is -2.19. The SMILES string of the molecule is CC(C)(C)c1ccc(C(=O)n2c(=S)oc3ccc(Cl)cc32)cc1. The molecule has 0 aliphatic heterocycles. The number of oxazole rings is 1. The van der Waals surface area contributed by atoms with E-state index in [2.05, 4.69) is 20.8 Å². The van der Waals surface area contributed by atoms with Crippen molar-refractivity contribution in [3.05, 3.63) is 63.5 Å². The summed E-state index contributed by atoms with van der Waals surface area (Å²) in [6.45, 7) is 6.39. The Labute approximate surface area is 144 Å². The van der Waals surface area contributed by atoms with Gasteiger partial charge in [0.1, 0.15) is 0 Å². The van der Waals surface area contributed by atoms with Crippen molar-refractivity contribution in [3.63, 3.8) is 0 Å². The number of carbonyl (C=O) groups excluding carboxylic acids is 1. The minimum Gasteiger partial charge on any atom is -0.429 e. The molecular formula is C18H16ClNO2S. The highest BCUT2D eigenvalue weighted by atomic mass is 35.5. The van der Waals surface area contributed by atoms with Crippen molar-refractivity contribution in [3.8, 4) is 0 Å². The van der Waals surface area contributed by atoms with Gasteiger partial charge in [-0.3, -0.25) is 4.79 Å². The van der Waals surface area contributed by atoms with Crippen LogP contribution in [-0.4, -0.2) is 10.5 Å². The predicted molar refractivity (Wildman–Crippen MR) is 94.9 cm³/mol. The highest BCUT2D eigenvalue weighted by Crippen LogP contribution is 2.25. The van der Waals surface area contributed by atoms with E-state index in [1.54, 1.807) is 18.2 Å². The zero-order valence-electron chi connectivity index (χ0n) is 13.1. The maximum absolute atomic E-state index is 12.8. The minimum atomic E-state index is -0.225. The topological polar surface area (TPSA) is 35.1 Å². The Morgan fingerprint density at radius 2 is 1.78 bits per heavy atom. The minimum absolute atomic E-state index is 0.0355. The monoisotopic (exact) mass is 345 g/mol. The van der Waals surface area contributed by atoms with Crippen molar-refractivity contribution in [2.75, 3.05) is 0 Å². The van der Waals surface area contributed by atoms with E-state index in [-0.39, 0.29) is 16.2 Å². The van der Waals surface area contributed by atoms with Crippen molar-refractivity contribution in [1.82, 2.24) is 4.57 Å². The van der Waals surface area contributed by atoms with Gasteiger partial charge in [-0.25, -0.2) is 4.57 Å². The molecule has 3 nitrogen and oxygen atoms in total. The van der Waals surface area contributed by atoms with Gasteiger partial charge in [-0.2, -0.15) is 0 Å². The van der Waals surface area contributed by atoms with Crippen molar-refractivity contribution in [1.29, 1.82) is 0 Å². The largest absolute Gasteiger partial charge is 0.429 e. The Kier molecular flexibility index (Phi) is 3.90. The number of benzene rings is 2. The summed E-state index contributed by atoms with van der Waals surface area (Å²) in [6.07, 6.45) is 0. The fourth-order valence-electron chi connectivity index (χ4n) is 2.42. The summed E-state index contributed by atoms with van der Waals surface area (Å²) >= 11 is 11.2. The van der Waals surface area contributed by atoms with E-state index >= 15 is 0 Å². The van der Waals surface area contributed by atoms with Crippen LogP contribution in [0.4, 0.5) is 0 Å². The highest BCUT2D eigenvalue weighted by Gasteiger charge is 2.18. The van der Waals surface area contributed by atoms with Gasteiger partial charge in [0.25, 0.3) is 10.7 Å². The molecule has 23 heavy (non-hydrogen) atoms. The van der Waals surface area contributed by atoms with Crippen LogP contribution in [-0.2, 0) is 5.41 Å². The van der Waals surface area contributed by atoms with E-state index in [4.69, 9.17) is 28.2 Å². The van der Waals surface area contributed by atoms with E-state index in [0.29, 0.717) is 21.7 Å². The second kappa shape index (κ2) is 5.62. The molecule has 0 spiro atoms. The van der Waals surface area contributed by atoms with Crippen LogP contribution in [0.5, 0.6) is 0 Å². The van der Waals surface area contributed by atoms with Crippen LogP contribution >= 0.6 is 23.8 Å². The van der Waals surface area contributed by atoms with Gasteiger partial charge < -0.3 is 4.42 Å². The molecule has 3 aromatic rings. The fourth-order valence-corrected chi connectivity index (χ4v) is 2.86. The third kappa shape index (κ3) is 2.96. The first-order valence-electron chi connectivity index (χ1n) is 7.24. The molecule has 0 radical (unpaired) electrons. The lowest BCUT2D eigenvalue weighted by Crippen LogP contribution is -2.14. The normalized spacial score (nSPS) is 11.8. The first kappa shape index (κ1) is 16.0. The summed E-state index contributed by atoms with van der Waals surface area (Å²) < 4.78 is 6.85. The predicted octanol–water partition coefficient (Wildman–Crippen LogP) is 5.60. The molecule has 118 valence electrons. The quantitative estimate of drug-likeness (QED) is 0.538. The van der Waals surface area contributed by atoms with Crippen LogP contribution in [0.15, 0.2) is 46.9 Å². The zero-order valence-corrected chi connectivity index (χ0v) is 14.7. The lowest BCUT2D eigenvalue weighted by molar-refractivity contribution is 0.0959. The van der Waals surface area contributed by atoms with Crippen molar-refractivity contribution in [2.45, 2.75) is 26.2 Å². The molecule has 0 amide bonds. The smallest absolute Gasteiger partial charge is 0.276 e. The van der Waals surface area contributed by atoms with Gasteiger partial charge in [0, 0.05) is 10.6 Å². The number of hydrogen-bond acceptors (Lipinski definition) is 3. The average Bonchev–Trinajstić information content (AvgIpc) is 2.81. The average molecular weight is 346 g/mol. The first-order valence-corrected chi connectivity index (χ1v) is 8.02. The number of fused-ring (bicyclic) bond motifs is 1. The third-order valence-corrected chi connectivity index (χ3v) is 4.24. The summed E-state index contributed by atoms with van der Waals surface area (Å²) in [5, 5.41) is 0.526. The van der Waals surface area contributed by atoms with Gasteiger partial charge in [-0.05, 0) is 53.5 Å². The molecular weight excluding hydrogens is 330 g/mol. The molecule has 0 aliphatic rings. The Balaban J connectivity index is 2.09. The van der Waals surface area contributed by atoms with Gasteiger partial charge >= 0.3 is 0 Å². The van der Waals surface area contributed by atoms with Gasteiger partial charge in [-0.1, -0.05) is 44.5 Å². The number of carbonyl (C=O) groups is 1. The Morgan fingerprint density at radius 1 is 1.13 bits per heavy atom. The van der Waals surface area contributed by atoms with Crippen molar-refractivity contribution in [2.24, 2.45) is 0 Å². The van der Waals surface area contributed by atoms with E-state index in [0.717, 1.165) is 5.56 Å². The van der Waals surface area contributed by atoms with Gasteiger partial charge in [-0.15, -0.1) is 0 Å². The molecule has 0 bridgehead atoms. The molecule has 5 heteroatoms. The van der Waals surface area contributed by atoms with Crippen molar-refractivity contribution >= 4 is 40.8 Å². The molecule has 0 aliphatic carbocycles. The number of rotatable bonds is 1. The molecule has 3 rings (SSSR count). The summed E-state index contributed by atoms with van der Waals surface area (Å²) in [7, 11) is 0. The van der Waals surface area contributed by atoms with Crippen LogP contribution in [0.2, 0.25) is 5.02 Å². The Hall–Kier alpha value is -1.91. The van der Waals surface area contributed by atoms with Crippen LogP contribution < -0.4 is 0 Å². The number of halogens is 1. The standard InChI is InChI=1S/C18H16ClNO2S/c1-18(2,3)12-6-4-11(5-7-12)16(21)20-14-10-13(19)8-9-15(14)22-17(20)23/h4-10H,1-3H3. The molecule has 0 unspecified atom stereocenters. The third-order valence-electron chi connectivity index (χ3n) is 3.74. The molecule has 1 aromatic heterocycles. The molecule has 1 heterocycles. The summed E-state index contributed by atoms with van der Waals surface area (Å²) in [5.74, 6) is -0.225. The van der Waals surface area contributed by atoms with Gasteiger partial charge in [0.15, 0.2) is 5.58 Å². The van der Waals surface area contributed by atoms with E-state index < -0.39 is 0 Å². The maximum Gasteiger partial charge on any atom is 0.276 e. The maximum atomic E-state index is 12.8. The summed E-state index contributed by atoms with van der Waals surface area (Å²) in [4.78, 5) is 12.9. The van der Waals surface area contributed by atoms with E-state index in [1.165, 1.54) is 4.57 Å². The van der Waals surface area contributed by atoms with Gasteiger partial charge in [0.05, 0.1) is 5.52 Å². The van der Waals surface area contributed by atoms with Crippen molar-refractivity contribution < 1.29 is 9.21 Å². The molecule has 0 N–H and O–H groups in total. The van der Waals surface area contributed by atoms with E-state index in [1.807, 2.05) is 24.3 Å². The number of nitrogens with zero attached hydrogens (tertiary/aromatic N) is 1. The lowest BCUT2D eigenvalue weighted by atomic mass is 9.87. The first-order chi connectivity index (χ1) is 10.8. The second-order valence-corrected chi connectivity index (χ2v) is 7.23. The molecule has 0 atom stereocenters. The number of hydrogen-bond donors (Lipinski definition) is 0. The van der Waals surface area contributed by atoms with Crippen LogP contribution in [0.1, 0.15) is 36.7 Å². The van der Waals surface area contributed by atoms with Crippen LogP contribution in [0.3, 0.4) is 0 Å². The fraction of sp³-hybridized carbons (Fsp3) is 0.222. The Morgan fingerprint density at radius 3 is 2.39 bits per heavy atom. The van der Waals surface area contributed by atoms with Crippen LogP contribution in [0, 0.1) is 4.84 Å². The van der Waals surface area contributed by atoms with Gasteiger partial charge in [0.2, 0.25) is 0 Å². The molecule has 0 saturated heterocycles. The second-order valence-electron chi connectivity index (χ2n) is 6.45. The number of aromatic nitrogens is 1. The molecule has 0 fully saturated rings. The molecule has 0 saturated carbocycles. The summed E-state index contributed by atoms with van der Waals surface area (Å²) in [5.41, 5.74) is 2.87. The van der Waals surface area contributed by atoms with E-state index in [9.17, 15) is 4.79 Å². The van der Waals surface area contributed by atoms with Crippen LogP contribution in [0.25, 0.3) is 11.1 Å². The summed E-state index contributed by atoms with van der Waals surface area (Å²) in [6, 6.07) is 12.6. The Bertz CT molecular complexity index is 946. The zero-order chi connectivity index (χ0) is 16.8.